The van der Waals surface area contributed by atoms with Crippen LogP contribution in [0.4, 0.5) is 5.82 Å². The Morgan fingerprint density at radius 1 is 1.31 bits per heavy atom. The van der Waals surface area contributed by atoms with E-state index in [-0.39, 0.29) is 0 Å². The van der Waals surface area contributed by atoms with Crippen LogP contribution in [0.25, 0.3) is 10.9 Å². The minimum atomic E-state index is 0.354. The van der Waals surface area contributed by atoms with Gasteiger partial charge in [-0.15, -0.1) is 0 Å². The van der Waals surface area contributed by atoms with Crippen LogP contribution in [0.3, 0.4) is 0 Å². The molecule has 0 aliphatic carbocycles. The first-order chi connectivity index (χ1) is 7.63. The third-order valence-corrected chi connectivity index (χ3v) is 3.03. The maximum Gasteiger partial charge on any atom is 0.135 e. The van der Waals surface area contributed by atoms with Crippen molar-refractivity contribution in [1.82, 2.24) is 9.97 Å². The lowest BCUT2D eigenvalue weighted by Gasteiger charge is -2.11. The van der Waals surface area contributed by atoms with Gasteiger partial charge in [0.05, 0.1) is 5.52 Å². The van der Waals surface area contributed by atoms with Gasteiger partial charge in [-0.1, -0.05) is 26.0 Å². The number of nitrogens with zero attached hydrogens (tertiary/aromatic N) is 2. The predicted octanol–water partition coefficient (Wildman–Crippen LogP) is 3.03. The van der Waals surface area contributed by atoms with E-state index in [1.165, 1.54) is 0 Å². The van der Waals surface area contributed by atoms with Gasteiger partial charge in [0.25, 0.3) is 0 Å². The first kappa shape index (κ1) is 10.9. The molecule has 0 saturated heterocycles. The molecule has 1 aromatic carbocycles. The van der Waals surface area contributed by atoms with E-state index < -0.39 is 0 Å². The van der Waals surface area contributed by atoms with Gasteiger partial charge in [0.1, 0.15) is 11.6 Å². The quantitative estimate of drug-likeness (QED) is 0.837. The number of fused-ring (bicyclic) bond motifs is 1. The zero-order valence-corrected chi connectivity index (χ0v) is 9.99. The number of aryl methyl sites for hydroxylation is 1. The first-order valence-electron chi connectivity index (χ1n) is 5.66. The SMILES string of the molecule is CCC(C)c1nc(N)c2c(C)cccc2n1. The third kappa shape index (κ3) is 1.73. The Kier molecular flexibility index (Phi) is 2.77. The van der Waals surface area contributed by atoms with Crippen LogP contribution in [0, 0.1) is 6.92 Å². The molecule has 2 rings (SSSR count). The largest absolute Gasteiger partial charge is 0.383 e. The van der Waals surface area contributed by atoms with Gasteiger partial charge >= 0.3 is 0 Å². The van der Waals surface area contributed by atoms with Gasteiger partial charge in [-0.3, -0.25) is 0 Å². The maximum atomic E-state index is 6.00. The molecule has 1 unspecified atom stereocenters. The minimum absolute atomic E-state index is 0.354. The Balaban J connectivity index is 2.68. The summed E-state index contributed by atoms with van der Waals surface area (Å²) in [6, 6.07) is 6.03. The van der Waals surface area contributed by atoms with E-state index in [9.17, 15) is 0 Å². The third-order valence-electron chi connectivity index (χ3n) is 3.03. The molecule has 1 aromatic heterocycles. The Morgan fingerprint density at radius 2 is 2.06 bits per heavy atom. The number of hydrogen-bond donors (Lipinski definition) is 1. The second-order valence-corrected chi connectivity index (χ2v) is 4.25. The zero-order valence-electron chi connectivity index (χ0n) is 9.99. The van der Waals surface area contributed by atoms with E-state index >= 15 is 0 Å². The number of hydrogen-bond acceptors (Lipinski definition) is 3. The normalized spacial score (nSPS) is 12.9. The van der Waals surface area contributed by atoms with Crippen molar-refractivity contribution in [1.29, 1.82) is 0 Å². The summed E-state index contributed by atoms with van der Waals surface area (Å²) in [4.78, 5) is 8.98. The molecule has 0 saturated carbocycles. The Hall–Kier alpha value is -1.64. The summed E-state index contributed by atoms with van der Waals surface area (Å²) in [5.74, 6) is 1.80. The molecular formula is C13H17N3. The molecule has 2 N–H and O–H groups in total. The molecule has 0 bridgehead atoms. The first-order valence-corrected chi connectivity index (χ1v) is 5.66. The molecule has 3 heteroatoms. The van der Waals surface area contributed by atoms with Gasteiger partial charge in [0.15, 0.2) is 0 Å². The van der Waals surface area contributed by atoms with Crippen LogP contribution in [0.15, 0.2) is 18.2 Å². The highest BCUT2D eigenvalue weighted by atomic mass is 15.0. The summed E-state index contributed by atoms with van der Waals surface area (Å²) in [5.41, 5.74) is 8.08. The fourth-order valence-electron chi connectivity index (χ4n) is 1.81. The van der Waals surface area contributed by atoms with Crippen molar-refractivity contribution in [3.8, 4) is 0 Å². The fourth-order valence-corrected chi connectivity index (χ4v) is 1.81. The predicted molar refractivity (Wildman–Crippen MR) is 67.4 cm³/mol. The molecule has 1 heterocycles. The van der Waals surface area contributed by atoms with Crippen molar-refractivity contribution in [2.75, 3.05) is 5.73 Å². The van der Waals surface area contributed by atoms with Gasteiger partial charge in [0, 0.05) is 11.3 Å². The van der Waals surface area contributed by atoms with E-state index in [0.29, 0.717) is 11.7 Å². The van der Waals surface area contributed by atoms with Crippen LogP contribution >= 0.6 is 0 Å². The van der Waals surface area contributed by atoms with Crippen molar-refractivity contribution in [2.45, 2.75) is 33.1 Å². The number of rotatable bonds is 2. The van der Waals surface area contributed by atoms with Gasteiger partial charge in [-0.25, -0.2) is 9.97 Å². The van der Waals surface area contributed by atoms with Gasteiger partial charge in [-0.2, -0.15) is 0 Å². The lowest BCUT2D eigenvalue weighted by Crippen LogP contribution is -2.04. The molecule has 1 atom stereocenters. The molecule has 0 aliphatic heterocycles. The Labute approximate surface area is 95.7 Å². The number of aromatic nitrogens is 2. The fraction of sp³-hybridized carbons (Fsp3) is 0.385. The summed E-state index contributed by atoms with van der Waals surface area (Å²) < 4.78 is 0. The van der Waals surface area contributed by atoms with Crippen molar-refractivity contribution >= 4 is 16.7 Å². The molecule has 3 nitrogen and oxygen atoms in total. The Morgan fingerprint density at radius 3 is 2.75 bits per heavy atom. The smallest absolute Gasteiger partial charge is 0.135 e. The van der Waals surface area contributed by atoms with Crippen molar-refractivity contribution < 1.29 is 0 Å². The summed E-state index contributed by atoms with van der Waals surface area (Å²) in [6.45, 7) is 6.28. The van der Waals surface area contributed by atoms with Gasteiger partial charge < -0.3 is 5.73 Å². The molecule has 0 radical (unpaired) electrons. The van der Waals surface area contributed by atoms with Gasteiger partial charge in [0.2, 0.25) is 0 Å². The summed E-state index contributed by atoms with van der Waals surface area (Å²) in [7, 11) is 0. The molecule has 0 fully saturated rings. The summed E-state index contributed by atoms with van der Waals surface area (Å²) >= 11 is 0. The van der Waals surface area contributed by atoms with Crippen LogP contribution < -0.4 is 5.73 Å². The van der Waals surface area contributed by atoms with E-state index in [2.05, 4.69) is 23.8 Å². The molecular weight excluding hydrogens is 198 g/mol. The van der Waals surface area contributed by atoms with E-state index in [4.69, 9.17) is 5.73 Å². The summed E-state index contributed by atoms with van der Waals surface area (Å²) in [5, 5.41) is 0.981. The maximum absolute atomic E-state index is 6.00. The van der Waals surface area contributed by atoms with Crippen LogP contribution in [0.2, 0.25) is 0 Å². The van der Waals surface area contributed by atoms with Gasteiger partial charge in [-0.05, 0) is 25.0 Å². The average Bonchev–Trinajstić information content (AvgIpc) is 2.27. The minimum Gasteiger partial charge on any atom is -0.383 e. The molecule has 0 spiro atoms. The zero-order chi connectivity index (χ0) is 11.7. The molecule has 0 aliphatic rings. The van der Waals surface area contributed by atoms with Crippen LogP contribution in [-0.4, -0.2) is 9.97 Å². The van der Waals surface area contributed by atoms with E-state index in [1.807, 2.05) is 25.1 Å². The van der Waals surface area contributed by atoms with Crippen LogP contribution in [-0.2, 0) is 0 Å². The number of nitrogens with two attached hydrogens (primary N) is 1. The monoisotopic (exact) mass is 215 g/mol. The lowest BCUT2D eigenvalue weighted by molar-refractivity contribution is 0.684. The molecule has 84 valence electrons. The number of benzene rings is 1. The van der Waals surface area contributed by atoms with E-state index in [0.717, 1.165) is 28.7 Å². The lowest BCUT2D eigenvalue weighted by atomic mass is 10.1. The van der Waals surface area contributed by atoms with Crippen LogP contribution in [0.5, 0.6) is 0 Å². The van der Waals surface area contributed by atoms with Crippen molar-refractivity contribution in [3.63, 3.8) is 0 Å². The Bertz CT molecular complexity index is 520. The van der Waals surface area contributed by atoms with Crippen molar-refractivity contribution in [2.24, 2.45) is 0 Å². The number of nitrogen functional groups attached to an aromatic ring is 1. The number of anilines is 1. The molecule has 16 heavy (non-hydrogen) atoms. The average molecular weight is 215 g/mol. The second kappa shape index (κ2) is 4.08. The second-order valence-electron chi connectivity index (χ2n) is 4.25. The van der Waals surface area contributed by atoms with Crippen LogP contribution in [0.1, 0.15) is 37.6 Å². The standard InChI is InChI=1S/C13H17N3/c1-4-8(2)13-15-10-7-5-6-9(3)11(10)12(14)16-13/h5-8H,4H2,1-3H3,(H2,14,15,16). The summed E-state index contributed by atoms with van der Waals surface area (Å²) in [6.07, 6.45) is 1.02. The molecule has 2 aromatic rings. The molecule has 0 amide bonds. The van der Waals surface area contributed by atoms with Crippen molar-refractivity contribution in [3.05, 3.63) is 29.6 Å². The highest BCUT2D eigenvalue weighted by Crippen LogP contribution is 2.24. The topological polar surface area (TPSA) is 51.8 Å². The highest BCUT2D eigenvalue weighted by molar-refractivity contribution is 5.90. The van der Waals surface area contributed by atoms with E-state index in [1.54, 1.807) is 0 Å². The highest BCUT2D eigenvalue weighted by Gasteiger charge is 2.11.